The molecule has 0 unspecified atom stereocenters. The lowest BCUT2D eigenvalue weighted by atomic mass is 9.81. The fraction of sp³-hybridized carbons (Fsp3) is 0.400. The van der Waals surface area contributed by atoms with Crippen LogP contribution in [0.3, 0.4) is 0 Å². The molecule has 2 amide bonds. The number of amides is 2. The van der Waals surface area contributed by atoms with Gasteiger partial charge < -0.3 is 15.9 Å². The van der Waals surface area contributed by atoms with Crippen LogP contribution in [0.4, 0.5) is 19.7 Å². The molecular formula is C15H16FN3O4S. The summed E-state index contributed by atoms with van der Waals surface area (Å²) in [7, 11) is 0. The molecule has 128 valence electrons. The molecule has 1 heterocycles. The number of carboxylic acid groups (broad SMARTS) is 2. The van der Waals surface area contributed by atoms with Gasteiger partial charge in [-0.3, -0.25) is 0 Å². The Morgan fingerprint density at radius 1 is 1.33 bits per heavy atom. The van der Waals surface area contributed by atoms with Gasteiger partial charge in [-0.15, -0.1) is 0 Å². The molecule has 0 spiro atoms. The van der Waals surface area contributed by atoms with Crippen LogP contribution in [-0.2, 0) is 5.54 Å². The van der Waals surface area contributed by atoms with E-state index >= 15 is 0 Å². The van der Waals surface area contributed by atoms with Gasteiger partial charge in [0.25, 0.3) is 0 Å². The van der Waals surface area contributed by atoms with Gasteiger partial charge in [0.05, 0.1) is 5.54 Å². The van der Waals surface area contributed by atoms with E-state index in [0.717, 1.165) is 24.6 Å². The topological polar surface area (TPSA) is 116 Å². The predicted octanol–water partition coefficient (Wildman–Crippen LogP) is 3.16. The molecular weight excluding hydrogens is 337 g/mol. The number of hydrogen-bond acceptors (Lipinski definition) is 5. The van der Waals surface area contributed by atoms with Gasteiger partial charge in [0.1, 0.15) is 5.82 Å². The number of nitrogen functional groups attached to an aromatic ring is 1. The zero-order valence-corrected chi connectivity index (χ0v) is 13.4. The predicted molar refractivity (Wildman–Crippen MR) is 87.6 cm³/mol. The van der Waals surface area contributed by atoms with E-state index in [1.807, 2.05) is 0 Å². The molecule has 2 atom stereocenters. The van der Waals surface area contributed by atoms with Crippen LogP contribution in [0.15, 0.2) is 23.2 Å². The van der Waals surface area contributed by atoms with Crippen molar-refractivity contribution in [3.05, 3.63) is 29.6 Å². The van der Waals surface area contributed by atoms with Crippen LogP contribution in [0.5, 0.6) is 0 Å². The van der Waals surface area contributed by atoms with E-state index in [4.69, 9.17) is 15.9 Å². The standard InChI is InChI=1S/C15H16FN3O4S/c16-10-4-9(5-11(17)6-10)15-3-1-2-8(15)7-24-12(18-15)19(13(20)21)14(22)23/h4-6,8H,1-3,7,17H2,(H,20,21)(H,22,23)/t8-,15-/m0/s1. The molecule has 3 rings (SSSR count). The van der Waals surface area contributed by atoms with E-state index in [-0.39, 0.29) is 21.7 Å². The first-order valence-corrected chi connectivity index (χ1v) is 8.37. The zero-order valence-electron chi connectivity index (χ0n) is 12.6. The third kappa shape index (κ3) is 2.68. The average Bonchev–Trinajstić information content (AvgIpc) is 2.89. The first-order chi connectivity index (χ1) is 11.3. The van der Waals surface area contributed by atoms with Crippen LogP contribution >= 0.6 is 11.8 Å². The van der Waals surface area contributed by atoms with Crippen LogP contribution in [0.25, 0.3) is 0 Å². The van der Waals surface area contributed by atoms with Gasteiger partial charge in [-0.1, -0.05) is 18.2 Å². The lowest BCUT2D eigenvalue weighted by Gasteiger charge is -2.37. The van der Waals surface area contributed by atoms with Crippen LogP contribution < -0.4 is 5.73 Å². The molecule has 24 heavy (non-hydrogen) atoms. The molecule has 1 aromatic rings. The molecule has 9 heteroatoms. The van der Waals surface area contributed by atoms with Crippen LogP contribution in [-0.4, -0.2) is 38.2 Å². The van der Waals surface area contributed by atoms with Crippen molar-refractivity contribution in [2.24, 2.45) is 10.9 Å². The Hall–Kier alpha value is -2.29. The molecule has 1 aliphatic carbocycles. The number of nitrogens with zero attached hydrogens (tertiary/aromatic N) is 2. The highest BCUT2D eigenvalue weighted by Crippen LogP contribution is 2.51. The summed E-state index contributed by atoms with van der Waals surface area (Å²) in [6, 6.07) is 4.18. The molecule has 7 nitrogen and oxygen atoms in total. The van der Waals surface area contributed by atoms with Crippen molar-refractivity contribution in [1.29, 1.82) is 0 Å². The van der Waals surface area contributed by atoms with Crippen molar-refractivity contribution >= 4 is 34.8 Å². The monoisotopic (exact) mass is 353 g/mol. The van der Waals surface area contributed by atoms with Crippen molar-refractivity contribution in [3.63, 3.8) is 0 Å². The van der Waals surface area contributed by atoms with Gasteiger partial charge in [-0.05, 0) is 42.5 Å². The van der Waals surface area contributed by atoms with Gasteiger partial charge in [-0.25, -0.2) is 19.0 Å². The summed E-state index contributed by atoms with van der Waals surface area (Å²) in [5.41, 5.74) is 5.73. The van der Waals surface area contributed by atoms with Crippen molar-refractivity contribution in [2.45, 2.75) is 24.8 Å². The van der Waals surface area contributed by atoms with Crippen molar-refractivity contribution < 1.29 is 24.2 Å². The highest BCUT2D eigenvalue weighted by molar-refractivity contribution is 8.13. The van der Waals surface area contributed by atoms with E-state index in [1.54, 1.807) is 6.07 Å². The molecule has 1 aliphatic heterocycles. The van der Waals surface area contributed by atoms with E-state index in [0.29, 0.717) is 17.7 Å². The Balaban J connectivity index is 2.13. The minimum absolute atomic E-state index is 0.0805. The van der Waals surface area contributed by atoms with Crippen molar-refractivity contribution in [2.75, 3.05) is 11.5 Å². The molecule has 0 bridgehead atoms. The lowest BCUT2D eigenvalue weighted by Crippen LogP contribution is -2.44. The maximum Gasteiger partial charge on any atom is 0.423 e. The Kier molecular flexibility index (Phi) is 4.12. The molecule has 2 aliphatic rings. The number of carbonyl (C=O) groups is 2. The minimum Gasteiger partial charge on any atom is -0.464 e. The molecule has 1 fully saturated rings. The number of aliphatic imine (C=N–C) groups is 1. The van der Waals surface area contributed by atoms with Crippen molar-refractivity contribution in [1.82, 2.24) is 4.90 Å². The summed E-state index contributed by atoms with van der Waals surface area (Å²) in [4.78, 5) is 27.2. The lowest BCUT2D eigenvalue weighted by molar-refractivity contribution is 0.145. The minimum atomic E-state index is -1.61. The largest absolute Gasteiger partial charge is 0.464 e. The van der Waals surface area contributed by atoms with E-state index in [9.17, 15) is 14.0 Å². The zero-order chi connectivity index (χ0) is 17.5. The number of halogens is 1. The number of rotatable bonds is 1. The third-order valence-electron chi connectivity index (χ3n) is 4.49. The van der Waals surface area contributed by atoms with Crippen LogP contribution in [0, 0.1) is 11.7 Å². The number of amidine groups is 1. The molecule has 0 radical (unpaired) electrons. The highest BCUT2D eigenvalue weighted by atomic mass is 32.2. The first kappa shape index (κ1) is 16.6. The Bertz CT molecular complexity index is 707. The van der Waals surface area contributed by atoms with Gasteiger partial charge >= 0.3 is 12.2 Å². The molecule has 1 saturated carbocycles. The van der Waals surface area contributed by atoms with Crippen LogP contribution in [0.1, 0.15) is 24.8 Å². The second-order valence-electron chi connectivity index (χ2n) is 5.89. The fourth-order valence-electron chi connectivity index (χ4n) is 3.47. The number of benzene rings is 1. The molecule has 0 aromatic heterocycles. The highest BCUT2D eigenvalue weighted by Gasteiger charge is 2.48. The SMILES string of the molecule is Nc1cc(F)cc([C@]23CCC[C@H]2CSC(N(C(=O)O)C(=O)O)=N3)c1. The number of thioether (sulfide) groups is 1. The normalized spacial score (nSPS) is 25.7. The number of fused-ring (bicyclic) bond motifs is 1. The summed E-state index contributed by atoms with van der Waals surface area (Å²) in [5.74, 6) is 0.108. The number of nitrogens with two attached hydrogens (primary N) is 1. The van der Waals surface area contributed by atoms with Gasteiger partial charge in [0.2, 0.25) is 0 Å². The number of anilines is 1. The Morgan fingerprint density at radius 2 is 2.04 bits per heavy atom. The Morgan fingerprint density at radius 3 is 2.67 bits per heavy atom. The summed E-state index contributed by atoms with van der Waals surface area (Å²) < 4.78 is 13.8. The van der Waals surface area contributed by atoms with Gasteiger partial charge in [0.15, 0.2) is 5.17 Å². The Labute approximate surface area is 141 Å². The van der Waals surface area contributed by atoms with Gasteiger partial charge in [0, 0.05) is 11.4 Å². The van der Waals surface area contributed by atoms with Crippen LogP contribution in [0.2, 0.25) is 0 Å². The summed E-state index contributed by atoms with van der Waals surface area (Å²) in [6.07, 6.45) is -0.922. The van der Waals surface area contributed by atoms with E-state index in [1.165, 1.54) is 12.1 Å². The van der Waals surface area contributed by atoms with Gasteiger partial charge in [-0.2, -0.15) is 4.90 Å². The summed E-state index contributed by atoms with van der Waals surface area (Å²) in [6.45, 7) is 0. The number of imide groups is 1. The summed E-state index contributed by atoms with van der Waals surface area (Å²) >= 11 is 1.10. The molecule has 4 N–H and O–H groups in total. The quantitative estimate of drug-likeness (QED) is 0.668. The van der Waals surface area contributed by atoms with E-state index < -0.39 is 23.5 Å². The fourth-order valence-corrected chi connectivity index (χ4v) is 4.78. The average molecular weight is 353 g/mol. The summed E-state index contributed by atoms with van der Waals surface area (Å²) in [5, 5.41) is 18.2. The van der Waals surface area contributed by atoms with Crippen molar-refractivity contribution in [3.8, 4) is 0 Å². The second kappa shape index (κ2) is 5.97. The smallest absolute Gasteiger partial charge is 0.423 e. The maximum absolute atomic E-state index is 13.8. The second-order valence-corrected chi connectivity index (χ2v) is 6.88. The maximum atomic E-state index is 13.8. The third-order valence-corrected chi connectivity index (χ3v) is 5.59. The number of hydrogen-bond donors (Lipinski definition) is 3. The first-order valence-electron chi connectivity index (χ1n) is 7.38. The molecule has 1 aromatic carbocycles. The molecule has 0 saturated heterocycles. The van der Waals surface area contributed by atoms with E-state index in [2.05, 4.69) is 4.99 Å².